The molecule has 0 aliphatic carbocycles. The highest BCUT2D eigenvalue weighted by Gasteiger charge is 2.42. The zero-order chi connectivity index (χ0) is 20.3. The van der Waals surface area contributed by atoms with Crippen LogP contribution >= 0.6 is 0 Å². The van der Waals surface area contributed by atoms with E-state index in [-0.39, 0.29) is 28.7 Å². The van der Waals surface area contributed by atoms with Crippen LogP contribution in [-0.4, -0.2) is 41.1 Å². The Hall–Kier alpha value is 0.0538. The summed E-state index contributed by atoms with van der Waals surface area (Å²) in [6.45, 7) is 29.6. The van der Waals surface area contributed by atoms with E-state index < -0.39 is 16.6 Å². The Morgan fingerprint density at radius 3 is 1.76 bits per heavy atom. The van der Waals surface area contributed by atoms with Crippen molar-refractivity contribution in [3.8, 4) is 0 Å². The molecule has 0 spiro atoms. The monoisotopic (exact) mass is 388 g/mol. The molecule has 0 aromatic heterocycles. The van der Waals surface area contributed by atoms with Gasteiger partial charge in [-0.2, -0.15) is 0 Å². The van der Waals surface area contributed by atoms with E-state index in [9.17, 15) is 5.11 Å². The van der Waals surface area contributed by atoms with Crippen LogP contribution in [0.1, 0.15) is 54.9 Å². The molecule has 0 bridgehead atoms. The van der Waals surface area contributed by atoms with Crippen molar-refractivity contribution in [2.75, 3.05) is 13.2 Å². The predicted octanol–water partition coefficient (Wildman–Crippen LogP) is 5.97. The Kier molecular flexibility index (Phi) is 8.85. The Balaban J connectivity index is 5.31. The summed E-state index contributed by atoms with van der Waals surface area (Å²) in [4.78, 5) is 0. The van der Waals surface area contributed by atoms with E-state index in [0.29, 0.717) is 6.61 Å². The van der Waals surface area contributed by atoms with Gasteiger partial charge in [-0.25, -0.2) is 0 Å². The quantitative estimate of drug-likeness (QED) is 0.390. The zero-order valence-corrected chi connectivity index (χ0v) is 20.7. The summed E-state index contributed by atoms with van der Waals surface area (Å²) in [6.07, 6.45) is 0.815. The third-order valence-electron chi connectivity index (χ3n) is 6.14. The molecule has 0 radical (unpaired) electrons. The maximum absolute atomic E-state index is 9.34. The highest BCUT2D eigenvalue weighted by Crippen LogP contribution is 2.40. The van der Waals surface area contributed by atoms with Gasteiger partial charge in [0.2, 0.25) is 0 Å². The summed E-state index contributed by atoms with van der Waals surface area (Å²) in [5.41, 5.74) is 0.864. The van der Waals surface area contributed by atoms with Crippen molar-refractivity contribution < 1.29 is 14.0 Å². The minimum atomic E-state index is -1.89. The van der Waals surface area contributed by atoms with Crippen LogP contribution in [0.2, 0.25) is 36.3 Å². The second-order valence-corrected chi connectivity index (χ2v) is 20.1. The van der Waals surface area contributed by atoms with Gasteiger partial charge in [0.05, 0.1) is 19.3 Å². The van der Waals surface area contributed by atoms with Gasteiger partial charge in [-0.15, -0.1) is 0 Å². The van der Waals surface area contributed by atoms with Gasteiger partial charge in [0.1, 0.15) is 0 Å². The molecule has 0 heterocycles. The summed E-state index contributed by atoms with van der Waals surface area (Å²) < 4.78 is 13.2. The summed E-state index contributed by atoms with van der Waals surface area (Å²) in [5.74, 6) is 0.276. The van der Waals surface area contributed by atoms with Gasteiger partial charge in [0.25, 0.3) is 0 Å². The van der Waals surface area contributed by atoms with E-state index in [1.807, 2.05) is 0 Å². The Labute approximate surface area is 159 Å². The molecule has 0 rings (SSSR count). The average molecular weight is 389 g/mol. The predicted molar refractivity (Wildman–Crippen MR) is 115 cm³/mol. The van der Waals surface area contributed by atoms with E-state index in [1.54, 1.807) is 0 Å². The normalized spacial score (nSPS) is 16.6. The van der Waals surface area contributed by atoms with Crippen molar-refractivity contribution in [2.24, 2.45) is 5.92 Å². The van der Waals surface area contributed by atoms with Crippen LogP contribution in [0.3, 0.4) is 0 Å². The molecule has 0 aromatic carbocycles. The molecule has 0 fully saturated rings. The molecule has 0 saturated heterocycles. The van der Waals surface area contributed by atoms with Crippen molar-refractivity contribution in [1.29, 1.82) is 0 Å². The first kappa shape index (κ1) is 25.1. The molecule has 0 saturated carbocycles. The lowest BCUT2D eigenvalue weighted by Crippen LogP contribution is -2.49. The topological polar surface area (TPSA) is 38.7 Å². The largest absolute Gasteiger partial charge is 0.414 e. The number of hydrogen-bond donors (Lipinski definition) is 1. The molecule has 0 aromatic rings. The standard InChI is InChI=1S/C20H44O3Si2/c1-16(14-21)13-17(2)18(23-25(11,12)20(6,7)8)15-22-24(9,10)19(3,4)5/h17-18,21H,1,13-15H2,2-12H3/t17-,18-/m0/s1. The van der Waals surface area contributed by atoms with Crippen LogP contribution in [0.15, 0.2) is 12.2 Å². The van der Waals surface area contributed by atoms with Gasteiger partial charge in [-0.05, 0) is 48.6 Å². The molecule has 1 N–H and O–H groups in total. The highest BCUT2D eigenvalue weighted by atomic mass is 28.4. The fourth-order valence-electron chi connectivity index (χ4n) is 2.03. The van der Waals surface area contributed by atoms with Crippen LogP contribution < -0.4 is 0 Å². The van der Waals surface area contributed by atoms with Gasteiger partial charge in [-0.3, -0.25) is 0 Å². The van der Waals surface area contributed by atoms with Crippen molar-refractivity contribution in [2.45, 2.75) is 97.3 Å². The van der Waals surface area contributed by atoms with Gasteiger partial charge in [0.15, 0.2) is 16.6 Å². The lowest BCUT2D eigenvalue weighted by Gasteiger charge is -2.43. The molecule has 25 heavy (non-hydrogen) atoms. The minimum absolute atomic E-state index is 0.0401. The van der Waals surface area contributed by atoms with Crippen molar-refractivity contribution in [3.63, 3.8) is 0 Å². The lowest BCUT2D eigenvalue weighted by atomic mass is 9.97. The molecule has 3 nitrogen and oxygen atoms in total. The number of rotatable bonds is 9. The molecule has 2 atom stereocenters. The van der Waals surface area contributed by atoms with Crippen LogP contribution in [-0.2, 0) is 8.85 Å². The molecule has 0 aliphatic rings. The van der Waals surface area contributed by atoms with Gasteiger partial charge in [0, 0.05) is 0 Å². The van der Waals surface area contributed by atoms with E-state index in [1.165, 1.54) is 0 Å². The number of aliphatic hydroxyl groups excluding tert-OH is 1. The van der Waals surface area contributed by atoms with E-state index in [4.69, 9.17) is 8.85 Å². The third kappa shape index (κ3) is 7.67. The third-order valence-corrected chi connectivity index (χ3v) is 15.1. The maximum atomic E-state index is 9.34. The molecular weight excluding hydrogens is 344 g/mol. The van der Waals surface area contributed by atoms with Crippen molar-refractivity contribution >= 4 is 16.6 Å². The summed E-state index contributed by atoms with van der Waals surface area (Å²) in [7, 11) is -3.71. The summed E-state index contributed by atoms with van der Waals surface area (Å²) >= 11 is 0. The molecule has 5 heteroatoms. The second-order valence-electron chi connectivity index (χ2n) is 10.6. The zero-order valence-electron chi connectivity index (χ0n) is 18.7. The van der Waals surface area contributed by atoms with E-state index in [0.717, 1.165) is 12.0 Å². The van der Waals surface area contributed by atoms with Crippen molar-refractivity contribution in [1.82, 2.24) is 0 Å². The second kappa shape index (κ2) is 8.83. The van der Waals surface area contributed by atoms with Crippen LogP contribution in [0.4, 0.5) is 0 Å². The first-order valence-electron chi connectivity index (χ1n) is 9.54. The first-order valence-corrected chi connectivity index (χ1v) is 15.4. The Bertz CT molecular complexity index is 431. The SMILES string of the molecule is C=C(CO)C[C@H](C)[C@H](CO[Si](C)(C)C(C)(C)C)O[Si](C)(C)C(C)(C)C. The minimum Gasteiger partial charge on any atom is -0.414 e. The van der Waals surface area contributed by atoms with Gasteiger partial charge < -0.3 is 14.0 Å². The summed E-state index contributed by atoms with van der Waals surface area (Å²) in [5, 5.41) is 9.69. The first-order chi connectivity index (χ1) is 10.9. The van der Waals surface area contributed by atoms with Crippen LogP contribution in [0.25, 0.3) is 0 Å². The van der Waals surface area contributed by atoms with Crippen molar-refractivity contribution in [3.05, 3.63) is 12.2 Å². The molecule has 0 aliphatic heterocycles. The molecule has 150 valence electrons. The average Bonchev–Trinajstić information content (AvgIpc) is 2.40. The van der Waals surface area contributed by atoms with Gasteiger partial charge >= 0.3 is 0 Å². The fourth-order valence-corrected chi connectivity index (χ4v) is 4.45. The van der Waals surface area contributed by atoms with Crippen LogP contribution in [0.5, 0.6) is 0 Å². The number of hydrogen-bond acceptors (Lipinski definition) is 3. The maximum Gasteiger partial charge on any atom is 0.192 e. The Morgan fingerprint density at radius 1 is 0.960 bits per heavy atom. The van der Waals surface area contributed by atoms with E-state index in [2.05, 4.69) is 81.2 Å². The molecular formula is C20H44O3Si2. The number of aliphatic hydroxyl groups is 1. The summed E-state index contributed by atoms with van der Waals surface area (Å²) in [6, 6.07) is 0. The smallest absolute Gasteiger partial charge is 0.192 e. The molecule has 0 unspecified atom stereocenters. The lowest BCUT2D eigenvalue weighted by molar-refractivity contribution is 0.0657. The Morgan fingerprint density at radius 2 is 1.40 bits per heavy atom. The van der Waals surface area contributed by atoms with Gasteiger partial charge in [-0.1, -0.05) is 60.6 Å². The highest BCUT2D eigenvalue weighted by molar-refractivity contribution is 6.74. The fraction of sp³-hybridized carbons (Fsp3) is 0.900. The molecule has 0 amide bonds. The van der Waals surface area contributed by atoms with Crippen LogP contribution in [0, 0.1) is 5.92 Å². The van der Waals surface area contributed by atoms with E-state index >= 15 is 0 Å².